The molecule has 1 heterocycles. The smallest absolute Gasteiger partial charge is 0.266 e. The fourth-order valence-electron chi connectivity index (χ4n) is 2.90. The van der Waals surface area contributed by atoms with Crippen LogP contribution >= 0.6 is 11.8 Å². The minimum absolute atomic E-state index is 0.0640. The maximum absolute atomic E-state index is 12.9. The van der Waals surface area contributed by atoms with E-state index in [9.17, 15) is 4.79 Å². The van der Waals surface area contributed by atoms with Crippen LogP contribution in [0.1, 0.15) is 19.4 Å². The molecule has 1 aliphatic heterocycles. The van der Waals surface area contributed by atoms with Crippen LogP contribution in [0, 0.1) is 11.3 Å². The van der Waals surface area contributed by atoms with Crippen molar-refractivity contribution < 1.29 is 19.0 Å². The lowest BCUT2D eigenvalue weighted by Crippen LogP contribution is -2.28. The van der Waals surface area contributed by atoms with Crippen LogP contribution in [0.25, 0.3) is 6.08 Å². The Labute approximate surface area is 185 Å². The van der Waals surface area contributed by atoms with Gasteiger partial charge in [-0.3, -0.25) is 9.69 Å². The molecule has 1 aliphatic rings. The zero-order valence-electron chi connectivity index (χ0n) is 17.6. The van der Waals surface area contributed by atoms with E-state index in [1.165, 1.54) is 11.8 Å². The number of rotatable bonds is 8. The Morgan fingerprint density at radius 2 is 1.90 bits per heavy atom. The molecule has 2 aromatic carbocycles. The van der Waals surface area contributed by atoms with E-state index in [0.717, 1.165) is 17.0 Å². The number of benzene rings is 2. The Balaban J connectivity index is 1.88. The van der Waals surface area contributed by atoms with Crippen LogP contribution < -0.4 is 14.2 Å². The molecular weight excluding hydrogens is 414 g/mol. The SMILES string of the molecule is CCOc1cc(/C=C2/SC(=Nc3ccc(OC)cc3)N(CC)C2=O)ccc1OCC#N. The van der Waals surface area contributed by atoms with Crippen molar-refractivity contribution in [3.05, 3.63) is 52.9 Å². The number of carbonyl (C=O) groups is 1. The number of amidine groups is 1. The number of aliphatic imine (C=N–C) groups is 1. The van der Waals surface area contributed by atoms with Crippen molar-refractivity contribution in [3.8, 4) is 23.3 Å². The van der Waals surface area contributed by atoms with E-state index in [4.69, 9.17) is 19.5 Å². The Hall–Kier alpha value is -3.44. The van der Waals surface area contributed by atoms with Crippen molar-refractivity contribution in [1.29, 1.82) is 5.26 Å². The Morgan fingerprint density at radius 3 is 2.55 bits per heavy atom. The first-order chi connectivity index (χ1) is 15.1. The lowest BCUT2D eigenvalue weighted by atomic mass is 10.2. The topological polar surface area (TPSA) is 84.2 Å². The summed E-state index contributed by atoms with van der Waals surface area (Å²) in [6, 6.07) is 14.7. The van der Waals surface area contributed by atoms with Crippen LogP contribution in [-0.2, 0) is 4.79 Å². The summed E-state index contributed by atoms with van der Waals surface area (Å²) in [6.45, 7) is 4.70. The van der Waals surface area contributed by atoms with Gasteiger partial charge in [0.25, 0.3) is 5.91 Å². The summed E-state index contributed by atoms with van der Waals surface area (Å²) in [5.74, 6) is 1.68. The summed E-state index contributed by atoms with van der Waals surface area (Å²) in [5, 5.41) is 9.37. The highest BCUT2D eigenvalue weighted by Gasteiger charge is 2.32. The molecule has 3 rings (SSSR count). The Morgan fingerprint density at radius 1 is 1.13 bits per heavy atom. The molecule has 0 aromatic heterocycles. The monoisotopic (exact) mass is 437 g/mol. The number of nitriles is 1. The molecule has 0 unspecified atom stereocenters. The lowest BCUT2D eigenvalue weighted by molar-refractivity contribution is -0.122. The molecule has 1 saturated heterocycles. The fraction of sp³-hybridized carbons (Fsp3) is 0.261. The summed E-state index contributed by atoms with van der Waals surface area (Å²) >= 11 is 1.33. The normalized spacial score (nSPS) is 15.9. The number of hydrogen-bond donors (Lipinski definition) is 0. The predicted octanol–water partition coefficient (Wildman–Crippen LogP) is 4.62. The van der Waals surface area contributed by atoms with Crippen LogP contribution in [0.3, 0.4) is 0 Å². The van der Waals surface area contributed by atoms with Crippen molar-refractivity contribution in [1.82, 2.24) is 4.90 Å². The number of likely N-dealkylation sites (N-methyl/N-ethyl adjacent to an activating group) is 1. The number of amides is 1. The lowest BCUT2D eigenvalue weighted by Gasteiger charge is -2.12. The van der Waals surface area contributed by atoms with Gasteiger partial charge in [-0.05, 0) is 73.6 Å². The van der Waals surface area contributed by atoms with E-state index in [2.05, 4.69) is 4.99 Å². The van der Waals surface area contributed by atoms with Gasteiger partial charge in [-0.1, -0.05) is 6.07 Å². The summed E-state index contributed by atoms with van der Waals surface area (Å²) in [5.41, 5.74) is 1.54. The molecule has 0 radical (unpaired) electrons. The van der Waals surface area contributed by atoms with Gasteiger partial charge in [-0.15, -0.1) is 0 Å². The number of ether oxygens (including phenoxy) is 3. The zero-order valence-corrected chi connectivity index (χ0v) is 18.4. The average Bonchev–Trinajstić information content (AvgIpc) is 3.07. The number of hydrogen-bond acceptors (Lipinski definition) is 7. The molecule has 0 N–H and O–H groups in total. The molecule has 0 atom stereocenters. The van der Waals surface area contributed by atoms with Gasteiger partial charge in [0.2, 0.25) is 0 Å². The predicted molar refractivity (Wildman–Crippen MR) is 122 cm³/mol. The quantitative estimate of drug-likeness (QED) is 0.560. The first-order valence-electron chi connectivity index (χ1n) is 9.80. The molecular formula is C23H23N3O4S. The summed E-state index contributed by atoms with van der Waals surface area (Å²) in [6.07, 6.45) is 1.81. The van der Waals surface area contributed by atoms with Crippen LogP contribution in [0.5, 0.6) is 17.2 Å². The molecule has 0 saturated carbocycles. The molecule has 8 heteroatoms. The van der Waals surface area contributed by atoms with Gasteiger partial charge in [0, 0.05) is 6.54 Å². The van der Waals surface area contributed by atoms with Gasteiger partial charge in [-0.2, -0.15) is 5.26 Å². The molecule has 0 bridgehead atoms. The zero-order chi connectivity index (χ0) is 22.2. The Bertz CT molecular complexity index is 1040. The first-order valence-corrected chi connectivity index (χ1v) is 10.6. The standard InChI is InChI=1S/C23H23N3O4S/c1-4-26-22(27)21(31-23(26)25-17-7-9-18(28-3)10-8-17)15-16-6-11-19(30-13-12-24)20(14-16)29-5-2/h6-11,14-15H,4-5,13H2,1-3H3/b21-15+,25-23?. The third kappa shape index (κ3) is 5.38. The summed E-state index contributed by atoms with van der Waals surface area (Å²) in [4.78, 5) is 19.8. The molecule has 1 amide bonds. The van der Waals surface area contributed by atoms with Crippen molar-refractivity contribution in [2.45, 2.75) is 13.8 Å². The van der Waals surface area contributed by atoms with Crippen LogP contribution in [0.4, 0.5) is 5.69 Å². The molecule has 0 spiro atoms. The molecule has 160 valence electrons. The van der Waals surface area contributed by atoms with Gasteiger partial charge in [-0.25, -0.2) is 4.99 Å². The third-order valence-electron chi connectivity index (χ3n) is 4.36. The highest BCUT2D eigenvalue weighted by molar-refractivity contribution is 8.18. The second-order valence-electron chi connectivity index (χ2n) is 6.34. The van der Waals surface area contributed by atoms with Crippen molar-refractivity contribution in [3.63, 3.8) is 0 Å². The van der Waals surface area contributed by atoms with Gasteiger partial charge >= 0.3 is 0 Å². The van der Waals surface area contributed by atoms with Crippen LogP contribution in [0.2, 0.25) is 0 Å². The largest absolute Gasteiger partial charge is 0.497 e. The minimum Gasteiger partial charge on any atom is -0.497 e. The van der Waals surface area contributed by atoms with Gasteiger partial charge in [0.1, 0.15) is 11.8 Å². The highest BCUT2D eigenvalue weighted by atomic mass is 32.2. The molecule has 0 aliphatic carbocycles. The number of methoxy groups -OCH3 is 1. The van der Waals surface area contributed by atoms with Gasteiger partial charge in [0.05, 0.1) is 24.3 Å². The first kappa shape index (κ1) is 22.2. The van der Waals surface area contributed by atoms with E-state index < -0.39 is 0 Å². The third-order valence-corrected chi connectivity index (χ3v) is 5.37. The molecule has 31 heavy (non-hydrogen) atoms. The van der Waals surface area contributed by atoms with E-state index in [-0.39, 0.29) is 12.5 Å². The van der Waals surface area contributed by atoms with Gasteiger partial charge in [0.15, 0.2) is 23.3 Å². The van der Waals surface area contributed by atoms with E-state index in [0.29, 0.717) is 34.7 Å². The van der Waals surface area contributed by atoms with E-state index in [1.807, 2.05) is 56.3 Å². The summed E-state index contributed by atoms with van der Waals surface area (Å²) in [7, 11) is 1.61. The van der Waals surface area contributed by atoms with Crippen molar-refractivity contribution in [2.24, 2.45) is 4.99 Å². The van der Waals surface area contributed by atoms with Crippen LogP contribution in [-0.4, -0.2) is 42.8 Å². The molecule has 7 nitrogen and oxygen atoms in total. The molecule has 2 aromatic rings. The fourth-order valence-corrected chi connectivity index (χ4v) is 3.96. The summed E-state index contributed by atoms with van der Waals surface area (Å²) < 4.78 is 16.2. The van der Waals surface area contributed by atoms with Crippen LogP contribution in [0.15, 0.2) is 52.4 Å². The minimum atomic E-state index is -0.0949. The number of carbonyl (C=O) groups excluding carboxylic acids is 1. The van der Waals surface area contributed by atoms with Gasteiger partial charge < -0.3 is 14.2 Å². The maximum Gasteiger partial charge on any atom is 0.266 e. The van der Waals surface area contributed by atoms with E-state index >= 15 is 0 Å². The number of nitrogens with zero attached hydrogens (tertiary/aromatic N) is 3. The van der Waals surface area contributed by atoms with E-state index in [1.54, 1.807) is 24.1 Å². The average molecular weight is 438 g/mol. The highest BCUT2D eigenvalue weighted by Crippen LogP contribution is 2.36. The Kier molecular flexibility index (Phi) is 7.57. The second-order valence-corrected chi connectivity index (χ2v) is 7.35. The molecule has 1 fully saturated rings. The van der Waals surface area contributed by atoms with Crippen molar-refractivity contribution in [2.75, 3.05) is 26.9 Å². The maximum atomic E-state index is 12.9. The second kappa shape index (κ2) is 10.5. The van der Waals surface area contributed by atoms with Crippen molar-refractivity contribution >= 4 is 34.6 Å². The number of thioether (sulfide) groups is 1.